The summed E-state index contributed by atoms with van der Waals surface area (Å²) in [6.07, 6.45) is 2.98. The summed E-state index contributed by atoms with van der Waals surface area (Å²) in [5, 5.41) is 8.68. The molecule has 0 amide bonds. The SMILES string of the molecule is CC(C)CC1C=C(CO)ON1. The minimum Gasteiger partial charge on any atom is -0.410 e. The second kappa shape index (κ2) is 3.74. The van der Waals surface area contributed by atoms with Crippen molar-refractivity contribution in [3.05, 3.63) is 11.8 Å². The van der Waals surface area contributed by atoms with E-state index in [0.29, 0.717) is 11.7 Å². The summed E-state index contributed by atoms with van der Waals surface area (Å²) in [5.74, 6) is 1.28. The standard InChI is InChI=1S/C8H15NO2/c1-6(2)3-7-4-8(5-10)11-9-7/h4,6-7,9-10H,3,5H2,1-2H3. The molecule has 1 rings (SSSR count). The lowest BCUT2D eigenvalue weighted by molar-refractivity contribution is 0.0868. The maximum atomic E-state index is 8.68. The van der Waals surface area contributed by atoms with Crippen molar-refractivity contribution < 1.29 is 9.94 Å². The molecule has 1 atom stereocenters. The number of aliphatic hydroxyl groups excluding tert-OH is 1. The van der Waals surface area contributed by atoms with Gasteiger partial charge >= 0.3 is 0 Å². The monoisotopic (exact) mass is 157 g/mol. The van der Waals surface area contributed by atoms with Gasteiger partial charge in [0, 0.05) is 0 Å². The Bertz CT molecular complexity index is 154. The molecule has 3 nitrogen and oxygen atoms in total. The molecule has 1 aliphatic rings. The fraction of sp³-hybridized carbons (Fsp3) is 0.750. The van der Waals surface area contributed by atoms with Crippen molar-refractivity contribution in [2.24, 2.45) is 5.92 Å². The molecule has 11 heavy (non-hydrogen) atoms. The average molecular weight is 157 g/mol. The third-order valence-corrected chi connectivity index (χ3v) is 1.61. The van der Waals surface area contributed by atoms with Gasteiger partial charge in [0.15, 0.2) is 0 Å². The second-order valence-electron chi connectivity index (χ2n) is 3.25. The maximum Gasteiger partial charge on any atom is 0.147 e. The summed E-state index contributed by atoms with van der Waals surface area (Å²) < 4.78 is 0. The van der Waals surface area contributed by atoms with Crippen LogP contribution >= 0.6 is 0 Å². The highest BCUT2D eigenvalue weighted by Crippen LogP contribution is 2.13. The summed E-state index contributed by atoms with van der Waals surface area (Å²) in [7, 11) is 0. The first kappa shape index (κ1) is 8.56. The molecule has 0 aliphatic carbocycles. The van der Waals surface area contributed by atoms with Gasteiger partial charge in [0.2, 0.25) is 0 Å². The van der Waals surface area contributed by atoms with Crippen molar-refractivity contribution in [3.8, 4) is 0 Å². The second-order valence-corrected chi connectivity index (χ2v) is 3.25. The predicted octanol–water partition coefficient (Wildman–Crippen LogP) is 0.812. The number of aliphatic hydroxyl groups is 1. The van der Waals surface area contributed by atoms with Crippen molar-refractivity contribution in [1.29, 1.82) is 0 Å². The Balaban J connectivity index is 2.34. The van der Waals surface area contributed by atoms with Gasteiger partial charge in [0.25, 0.3) is 0 Å². The first-order chi connectivity index (χ1) is 5.22. The number of hydrogen-bond acceptors (Lipinski definition) is 3. The smallest absolute Gasteiger partial charge is 0.147 e. The van der Waals surface area contributed by atoms with Gasteiger partial charge in [-0.3, -0.25) is 0 Å². The average Bonchev–Trinajstić information content (AvgIpc) is 2.34. The predicted molar refractivity (Wildman–Crippen MR) is 42.6 cm³/mol. The maximum absolute atomic E-state index is 8.68. The van der Waals surface area contributed by atoms with Gasteiger partial charge in [-0.25, -0.2) is 0 Å². The fourth-order valence-corrected chi connectivity index (χ4v) is 1.15. The van der Waals surface area contributed by atoms with E-state index >= 15 is 0 Å². The Morgan fingerprint density at radius 3 is 2.91 bits per heavy atom. The van der Waals surface area contributed by atoms with Crippen LogP contribution in [0.4, 0.5) is 0 Å². The molecule has 1 unspecified atom stereocenters. The van der Waals surface area contributed by atoms with Crippen molar-refractivity contribution >= 4 is 0 Å². The third kappa shape index (κ3) is 2.52. The van der Waals surface area contributed by atoms with Crippen LogP contribution in [0.1, 0.15) is 20.3 Å². The molecular weight excluding hydrogens is 142 g/mol. The van der Waals surface area contributed by atoms with Crippen LogP contribution in [-0.4, -0.2) is 17.8 Å². The van der Waals surface area contributed by atoms with Crippen molar-refractivity contribution in [2.75, 3.05) is 6.61 Å². The fourth-order valence-electron chi connectivity index (χ4n) is 1.15. The lowest BCUT2D eigenvalue weighted by atomic mass is 10.0. The topological polar surface area (TPSA) is 41.5 Å². The van der Waals surface area contributed by atoms with Gasteiger partial charge in [-0.2, -0.15) is 5.48 Å². The Hall–Kier alpha value is -0.540. The molecule has 1 heterocycles. The first-order valence-corrected chi connectivity index (χ1v) is 3.96. The van der Waals surface area contributed by atoms with Gasteiger partial charge in [0.05, 0.1) is 6.04 Å². The zero-order chi connectivity index (χ0) is 8.27. The van der Waals surface area contributed by atoms with E-state index in [4.69, 9.17) is 9.94 Å². The number of rotatable bonds is 3. The zero-order valence-corrected chi connectivity index (χ0v) is 7.00. The molecule has 0 spiro atoms. The van der Waals surface area contributed by atoms with Crippen LogP contribution in [0.15, 0.2) is 11.8 Å². The van der Waals surface area contributed by atoms with E-state index in [-0.39, 0.29) is 12.6 Å². The van der Waals surface area contributed by atoms with Crippen molar-refractivity contribution in [3.63, 3.8) is 0 Å². The molecule has 0 aromatic carbocycles. The van der Waals surface area contributed by atoms with Crippen LogP contribution in [0.25, 0.3) is 0 Å². The molecular formula is C8H15NO2. The highest BCUT2D eigenvalue weighted by Gasteiger charge is 2.16. The van der Waals surface area contributed by atoms with Crippen LogP contribution < -0.4 is 5.48 Å². The summed E-state index contributed by atoms with van der Waals surface area (Å²) in [6.45, 7) is 4.31. The normalized spacial score (nSPS) is 23.6. The van der Waals surface area contributed by atoms with Crippen LogP contribution in [0.3, 0.4) is 0 Å². The molecule has 1 aliphatic heterocycles. The molecule has 0 aromatic rings. The van der Waals surface area contributed by atoms with E-state index in [1.54, 1.807) is 0 Å². The lowest BCUT2D eigenvalue weighted by Crippen LogP contribution is -2.22. The van der Waals surface area contributed by atoms with Crippen LogP contribution in [0.2, 0.25) is 0 Å². The number of hydrogen-bond donors (Lipinski definition) is 2. The summed E-state index contributed by atoms with van der Waals surface area (Å²) in [6, 6.07) is 0.275. The molecule has 2 N–H and O–H groups in total. The lowest BCUT2D eigenvalue weighted by Gasteiger charge is -2.09. The molecule has 0 radical (unpaired) electrons. The van der Waals surface area contributed by atoms with Crippen molar-refractivity contribution in [1.82, 2.24) is 5.48 Å². The Labute approximate surface area is 67.0 Å². The highest BCUT2D eigenvalue weighted by atomic mass is 16.7. The largest absolute Gasteiger partial charge is 0.410 e. The molecule has 0 saturated heterocycles. The van der Waals surface area contributed by atoms with Gasteiger partial charge in [-0.15, -0.1) is 0 Å². The van der Waals surface area contributed by atoms with Gasteiger partial charge in [0.1, 0.15) is 12.4 Å². The molecule has 0 fully saturated rings. The van der Waals surface area contributed by atoms with E-state index in [1.165, 1.54) is 0 Å². The molecule has 64 valence electrons. The van der Waals surface area contributed by atoms with Crippen LogP contribution in [0, 0.1) is 5.92 Å². The van der Waals surface area contributed by atoms with Gasteiger partial charge < -0.3 is 9.94 Å². The molecule has 0 saturated carbocycles. The van der Waals surface area contributed by atoms with Gasteiger partial charge in [-0.05, 0) is 18.4 Å². The van der Waals surface area contributed by atoms with Crippen molar-refractivity contribution in [2.45, 2.75) is 26.3 Å². The molecule has 0 bridgehead atoms. The van der Waals surface area contributed by atoms with E-state index in [2.05, 4.69) is 19.3 Å². The quantitative estimate of drug-likeness (QED) is 0.637. The van der Waals surface area contributed by atoms with E-state index < -0.39 is 0 Å². The number of hydroxylamine groups is 1. The van der Waals surface area contributed by atoms with Crippen LogP contribution in [0.5, 0.6) is 0 Å². The zero-order valence-electron chi connectivity index (χ0n) is 7.00. The first-order valence-electron chi connectivity index (χ1n) is 3.96. The summed E-state index contributed by atoms with van der Waals surface area (Å²) >= 11 is 0. The minimum atomic E-state index is -0.0123. The van der Waals surface area contributed by atoms with E-state index in [1.807, 2.05) is 6.08 Å². The summed E-state index contributed by atoms with van der Waals surface area (Å²) in [4.78, 5) is 4.98. The number of nitrogens with one attached hydrogen (secondary N) is 1. The van der Waals surface area contributed by atoms with Crippen LogP contribution in [-0.2, 0) is 4.84 Å². The minimum absolute atomic E-state index is 0.0123. The van der Waals surface area contributed by atoms with Gasteiger partial charge in [-0.1, -0.05) is 13.8 Å². The summed E-state index contributed by atoms with van der Waals surface area (Å²) in [5.41, 5.74) is 2.84. The Morgan fingerprint density at radius 1 is 1.73 bits per heavy atom. The third-order valence-electron chi connectivity index (χ3n) is 1.61. The Morgan fingerprint density at radius 2 is 2.45 bits per heavy atom. The molecule has 0 aromatic heterocycles. The van der Waals surface area contributed by atoms with E-state index in [9.17, 15) is 0 Å². The highest BCUT2D eigenvalue weighted by molar-refractivity contribution is 5.04. The Kier molecular flexibility index (Phi) is 2.91. The van der Waals surface area contributed by atoms with E-state index in [0.717, 1.165) is 6.42 Å². The molecule has 3 heteroatoms.